The van der Waals surface area contributed by atoms with Gasteiger partial charge in [0.25, 0.3) is 0 Å². The van der Waals surface area contributed by atoms with Crippen molar-refractivity contribution in [2.24, 2.45) is 0 Å². The number of hydrogen-bond donors (Lipinski definition) is 1. The van der Waals surface area contributed by atoms with Crippen molar-refractivity contribution < 1.29 is 9.53 Å². The molecule has 2 heterocycles. The van der Waals surface area contributed by atoms with Crippen molar-refractivity contribution in [3.63, 3.8) is 0 Å². The normalized spacial score (nSPS) is 15.9. The quantitative estimate of drug-likeness (QED) is 0.555. The summed E-state index contributed by atoms with van der Waals surface area (Å²) < 4.78 is 5.89. The standard InChI is InChI=1S/C24H27N3O2S/c28-23(26-17-21-9-5-14-27(21)24-25-13-15-30-24)12-11-19-8-4-10-22(16-19)29-18-20-6-2-1-3-7-20/h1-4,6-8,10,13,15-16,21H,5,9,11-12,14,17-18H2,(H,26,28). The molecule has 1 aliphatic rings. The van der Waals surface area contributed by atoms with Gasteiger partial charge in [0.15, 0.2) is 5.13 Å². The van der Waals surface area contributed by atoms with E-state index < -0.39 is 0 Å². The molecule has 0 aliphatic carbocycles. The third kappa shape index (κ3) is 5.60. The van der Waals surface area contributed by atoms with Crippen molar-refractivity contribution in [2.75, 3.05) is 18.0 Å². The van der Waals surface area contributed by atoms with Crippen LogP contribution in [-0.4, -0.2) is 30.0 Å². The zero-order valence-electron chi connectivity index (χ0n) is 17.0. The van der Waals surface area contributed by atoms with Crippen LogP contribution in [0.3, 0.4) is 0 Å². The van der Waals surface area contributed by atoms with Gasteiger partial charge in [-0.25, -0.2) is 4.98 Å². The highest BCUT2D eigenvalue weighted by atomic mass is 32.1. The summed E-state index contributed by atoms with van der Waals surface area (Å²) in [4.78, 5) is 19.1. The van der Waals surface area contributed by atoms with E-state index in [4.69, 9.17) is 4.74 Å². The van der Waals surface area contributed by atoms with Gasteiger partial charge in [-0.05, 0) is 42.5 Å². The molecule has 0 radical (unpaired) electrons. The third-order valence-electron chi connectivity index (χ3n) is 5.36. The lowest BCUT2D eigenvalue weighted by Gasteiger charge is -2.24. The van der Waals surface area contributed by atoms with Gasteiger partial charge >= 0.3 is 0 Å². The van der Waals surface area contributed by atoms with Gasteiger partial charge in [-0.2, -0.15) is 0 Å². The van der Waals surface area contributed by atoms with E-state index in [-0.39, 0.29) is 5.91 Å². The predicted octanol–water partition coefficient (Wildman–Crippen LogP) is 4.44. The average Bonchev–Trinajstić information content (AvgIpc) is 3.47. The maximum absolute atomic E-state index is 12.4. The van der Waals surface area contributed by atoms with Crippen molar-refractivity contribution in [1.82, 2.24) is 10.3 Å². The van der Waals surface area contributed by atoms with Gasteiger partial charge in [-0.15, -0.1) is 11.3 Å². The van der Waals surface area contributed by atoms with E-state index in [0.29, 0.717) is 32.0 Å². The molecular weight excluding hydrogens is 394 g/mol. The molecule has 1 N–H and O–H groups in total. The Hall–Kier alpha value is -2.86. The minimum Gasteiger partial charge on any atom is -0.489 e. The molecule has 0 spiro atoms. The smallest absolute Gasteiger partial charge is 0.220 e. The summed E-state index contributed by atoms with van der Waals surface area (Å²) in [6, 6.07) is 18.5. The predicted molar refractivity (Wildman–Crippen MR) is 121 cm³/mol. The Kier molecular flexibility index (Phi) is 6.98. The second-order valence-corrected chi connectivity index (χ2v) is 8.40. The number of benzene rings is 2. The van der Waals surface area contributed by atoms with Crippen LogP contribution in [-0.2, 0) is 17.8 Å². The van der Waals surface area contributed by atoms with Crippen molar-refractivity contribution >= 4 is 22.4 Å². The topological polar surface area (TPSA) is 54.5 Å². The molecule has 2 aromatic carbocycles. The summed E-state index contributed by atoms with van der Waals surface area (Å²) in [5.74, 6) is 0.929. The van der Waals surface area contributed by atoms with Crippen molar-refractivity contribution in [3.8, 4) is 5.75 Å². The first-order valence-electron chi connectivity index (χ1n) is 10.5. The first-order valence-corrected chi connectivity index (χ1v) is 11.3. The van der Waals surface area contributed by atoms with Gasteiger partial charge in [-0.3, -0.25) is 4.79 Å². The minimum absolute atomic E-state index is 0.0941. The number of anilines is 1. The van der Waals surface area contributed by atoms with Crippen LogP contribution >= 0.6 is 11.3 Å². The average molecular weight is 422 g/mol. The van der Waals surface area contributed by atoms with Crippen LogP contribution in [0, 0.1) is 0 Å². The van der Waals surface area contributed by atoms with E-state index in [2.05, 4.69) is 15.2 Å². The highest BCUT2D eigenvalue weighted by molar-refractivity contribution is 7.13. The van der Waals surface area contributed by atoms with Crippen molar-refractivity contribution in [3.05, 3.63) is 77.3 Å². The Labute approximate surface area is 181 Å². The van der Waals surface area contributed by atoms with Gasteiger partial charge in [0.1, 0.15) is 12.4 Å². The number of carbonyl (C=O) groups excluding carboxylic acids is 1. The first kappa shape index (κ1) is 20.4. The zero-order valence-corrected chi connectivity index (χ0v) is 17.8. The summed E-state index contributed by atoms with van der Waals surface area (Å²) in [7, 11) is 0. The fourth-order valence-corrected chi connectivity index (χ4v) is 4.51. The fourth-order valence-electron chi connectivity index (χ4n) is 3.77. The molecule has 156 valence electrons. The Morgan fingerprint density at radius 1 is 1.17 bits per heavy atom. The van der Waals surface area contributed by atoms with Crippen LogP contribution in [0.2, 0.25) is 0 Å². The monoisotopic (exact) mass is 421 g/mol. The van der Waals surface area contributed by atoms with Crippen LogP contribution in [0.4, 0.5) is 5.13 Å². The maximum Gasteiger partial charge on any atom is 0.220 e. The summed E-state index contributed by atoms with van der Waals surface area (Å²) in [6.45, 7) is 2.24. The van der Waals surface area contributed by atoms with E-state index in [1.165, 1.54) is 0 Å². The zero-order chi connectivity index (χ0) is 20.6. The number of carbonyl (C=O) groups is 1. The van der Waals surface area contributed by atoms with Crippen LogP contribution in [0.1, 0.15) is 30.4 Å². The molecular formula is C24H27N3O2S. The van der Waals surface area contributed by atoms with Gasteiger partial charge in [0.05, 0.1) is 0 Å². The second kappa shape index (κ2) is 10.3. The summed E-state index contributed by atoms with van der Waals surface area (Å²) in [6.07, 6.45) is 5.27. The molecule has 1 unspecified atom stereocenters. The van der Waals surface area contributed by atoms with Crippen LogP contribution < -0.4 is 15.0 Å². The highest BCUT2D eigenvalue weighted by Crippen LogP contribution is 2.26. The Balaban J connectivity index is 1.22. The van der Waals surface area contributed by atoms with Crippen molar-refractivity contribution in [2.45, 2.75) is 38.3 Å². The number of thiazole rings is 1. The summed E-state index contributed by atoms with van der Waals surface area (Å²) in [5, 5.41) is 6.17. The molecule has 1 aromatic heterocycles. The Bertz CT molecular complexity index is 931. The van der Waals surface area contributed by atoms with Gasteiger partial charge in [0.2, 0.25) is 5.91 Å². The van der Waals surface area contributed by atoms with Crippen molar-refractivity contribution in [1.29, 1.82) is 0 Å². The molecule has 1 aliphatic heterocycles. The molecule has 3 aromatic rings. The van der Waals surface area contributed by atoms with E-state index in [9.17, 15) is 4.79 Å². The number of nitrogens with one attached hydrogen (secondary N) is 1. The molecule has 0 saturated carbocycles. The molecule has 5 nitrogen and oxygen atoms in total. The molecule has 6 heteroatoms. The van der Waals surface area contributed by atoms with E-state index in [0.717, 1.165) is 41.4 Å². The highest BCUT2D eigenvalue weighted by Gasteiger charge is 2.26. The Morgan fingerprint density at radius 3 is 2.87 bits per heavy atom. The number of nitrogens with zero attached hydrogens (tertiary/aromatic N) is 2. The lowest BCUT2D eigenvalue weighted by Crippen LogP contribution is -2.40. The molecule has 1 amide bonds. The fraction of sp³-hybridized carbons (Fsp3) is 0.333. The van der Waals surface area contributed by atoms with Crippen LogP contribution in [0.25, 0.3) is 0 Å². The van der Waals surface area contributed by atoms with Crippen LogP contribution in [0.5, 0.6) is 5.75 Å². The van der Waals surface area contributed by atoms with Gasteiger partial charge in [0, 0.05) is 37.1 Å². The molecule has 30 heavy (non-hydrogen) atoms. The summed E-state index contributed by atoms with van der Waals surface area (Å²) >= 11 is 1.66. The summed E-state index contributed by atoms with van der Waals surface area (Å²) in [5.41, 5.74) is 2.25. The molecule has 1 fully saturated rings. The lowest BCUT2D eigenvalue weighted by atomic mass is 10.1. The minimum atomic E-state index is 0.0941. The van der Waals surface area contributed by atoms with E-state index >= 15 is 0 Å². The number of ether oxygens (including phenoxy) is 1. The Morgan fingerprint density at radius 2 is 2.03 bits per heavy atom. The number of rotatable bonds is 9. The number of aromatic nitrogens is 1. The lowest BCUT2D eigenvalue weighted by molar-refractivity contribution is -0.121. The number of aryl methyl sites for hydroxylation is 1. The molecule has 1 saturated heterocycles. The molecule has 4 rings (SSSR count). The number of amides is 1. The first-order chi connectivity index (χ1) is 14.8. The third-order valence-corrected chi connectivity index (χ3v) is 6.17. The SMILES string of the molecule is O=C(CCc1cccc(OCc2ccccc2)c1)NCC1CCCN1c1nccs1. The number of hydrogen-bond acceptors (Lipinski definition) is 5. The van der Waals surface area contributed by atoms with E-state index in [1.807, 2.05) is 66.2 Å². The maximum atomic E-state index is 12.4. The molecule has 1 atom stereocenters. The largest absolute Gasteiger partial charge is 0.489 e. The molecule has 0 bridgehead atoms. The van der Waals surface area contributed by atoms with Crippen LogP contribution in [0.15, 0.2) is 66.2 Å². The van der Waals surface area contributed by atoms with E-state index in [1.54, 1.807) is 11.3 Å². The second-order valence-electron chi connectivity index (χ2n) is 7.53. The van der Waals surface area contributed by atoms with Gasteiger partial charge in [-0.1, -0.05) is 42.5 Å². The van der Waals surface area contributed by atoms with Gasteiger partial charge < -0.3 is 15.0 Å².